The molecular formula is C18H12MoN10O4S10. The number of carbonyl (C=O) groups is 2. The quantitative estimate of drug-likeness (QED) is 0.0777. The van der Waals surface area contributed by atoms with Crippen LogP contribution in [0.5, 0.6) is 0 Å². The number of thiocarbonyl (C=S) groups is 4. The molecule has 4 aromatic heterocycles. The molecule has 14 nitrogen and oxygen atoms in total. The zero-order valence-corrected chi connectivity index (χ0v) is 30.7. The van der Waals surface area contributed by atoms with Gasteiger partial charge in [0.2, 0.25) is 10.3 Å². The normalized spacial score (nSPS) is 9.53. The van der Waals surface area contributed by atoms with Gasteiger partial charge in [0.1, 0.15) is 0 Å². The van der Waals surface area contributed by atoms with E-state index in [0.29, 0.717) is 10.3 Å². The number of rotatable bonds is 4. The Bertz CT molecular complexity index is 1470. The van der Waals surface area contributed by atoms with Gasteiger partial charge in [-0.15, -0.1) is 47.9 Å². The van der Waals surface area contributed by atoms with E-state index in [1.165, 1.54) is 57.5 Å². The molecule has 0 radical (unpaired) electrons. The summed E-state index contributed by atoms with van der Waals surface area (Å²) < 4.78 is 17.0. The van der Waals surface area contributed by atoms with Crippen LogP contribution < -0.4 is 10.0 Å². The second-order valence-corrected chi connectivity index (χ2v) is 12.9. The molecule has 0 atom stereocenters. The summed E-state index contributed by atoms with van der Waals surface area (Å²) in [6.07, 6.45) is 9.08. The van der Waals surface area contributed by atoms with Crippen molar-refractivity contribution >= 4 is 161 Å². The standard InChI is InChI=1S/2C9H7N5OS5.Mo.2O/c2*15-6(5-10-1-2-11-5)13(8(16)17)14(9(18)19)7-12-3-4-20-7;;;/h2*1-4H,(H,10,11)(H,16,17)(H,18,19);;;/q;;+2;;/p-2. The van der Waals surface area contributed by atoms with Crippen LogP contribution in [0.3, 0.4) is 0 Å². The molecule has 4 rings (SSSR count). The van der Waals surface area contributed by atoms with Gasteiger partial charge in [0.05, 0.1) is 0 Å². The molecule has 2 N–H and O–H groups in total. The fraction of sp³-hybridized carbons (Fsp3) is 0. The van der Waals surface area contributed by atoms with E-state index in [1.54, 1.807) is 23.2 Å². The zero-order chi connectivity index (χ0) is 32.1. The van der Waals surface area contributed by atoms with Crippen LogP contribution in [0.4, 0.5) is 10.3 Å². The third-order valence-electron chi connectivity index (χ3n) is 4.10. The first-order valence-corrected chi connectivity index (χ1v) is 17.1. The summed E-state index contributed by atoms with van der Waals surface area (Å²) in [6.45, 7) is 0. The molecule has 0 saturated carbocycles. The van der Waals surface area contributed by atoms with E-state index in [4.69, 9.17) is 80.9 Å². The number of carbonyl (C=O) groups excluding carboxylic acids is 2. The minimum absolute atomic E-state index is 0.00347. The SMILES string of the molecule is O=C(c1ncc[nH]1)N(C(=S)S)N(C(=S)[S-])c1nccs1.O=C(c1ncc[nH]1)N(C(=S)S)N(C(=S)[S-])c1nccs1.[O]=[Mo+2]=[O]. The van der Waals surface area contributed by atoms with Gasteiger partial charge in [0.15, 0.2) is 20.3 Å². The van der Waals surface area contributed by atoms with Gasteiger partial charge >= 0.3 is 37.1 Å². The van der Waals surface area contributed by atoms with Crippen LogP contribution in [0.1, 0.15) is 21.2 Å². The number of amides is 2. The third kappa shape index (κ3) is 10.6. The Morgan fingerprint density at radius 2 is 1.07 bits per heavy atom. The molecule has 0 bridgehead atoms. The molecule has 0 saturated heterocycles. The molecule has 43 heavy (non-hydrogen) atoms. The van der Waals surface area contributed by atoms with Crippen molar-refractivity contribution in [2.75, 3.05) is 10.0 Å². The summed E-state index contributed by atoms with van der Waals surface area (Å²) in [6, 6.07) is 0. The van der Waals surface area contributed by atoms with E-state index >= 15 is 0 Å². The van der Waals surface area contributed by atoms with Crippen molar-refractivity contribution in [3.05, 3.63) is 59.6 Å². The number of hydrogen-bond donors (Lipinski definition) is 4. The maximum absolute atomic E-state index is 12.4. The van der Waals surface area contributed by atoms with Crippen LogP contribution >= 0.6 is 96.8 Å². The van der Waals surface area contributed by atoms with Crippen LogP contribution in [0, 0.1) is 0 Å². The number of nitrogens with zero attached hydrogens (tertiary/aromatic N) is 8. The van der Waals surface area contributed by atoms with E-state index in [9.17, 15) is 9.59 Å². The number of thiazole rings is 2. The monoisotopic (exact) mass is 850 g/mol. The molecule has 0 aliphatic rings. The van der Waals surface area contributed by atoms with Crippen molar-refractivity contribution in [3.8, 4) is 0 Å². The van der Waals surface area contributed by atoms with Gasteiger partial charge in [-0.1, -0.05) is 24.4 Å². The van der Waals surface area contributed by atoms with Crippen molar-refractivity contribution in [1.82, 2.24) is 39.9 Å². The number of nitrogens with one attached hydrogen (secondary N) is 2. The molecule has 4 aromatic rings. The zero-order valence-electron chi connectivity index (χ0n) is 20.4. The molecule has 25 heteroatoms. The van der Waals surface area contributed by atoms with E-state index < -0.39 is 30.3 Å². The van der Waals surface area contributed by atoms with Gasteiger partial charge in [-0.05, 0) is 8.64 Å². The van der Waals surface area contributed by atoms with Crippen LogP contribution in [-0.2, 0) is 50.5 Å². The van der Waals surface area contributed by atoms with E-state index in [1.807, 2.05) is 0 Å². The van der Waals surface area contributed by atoms with Crippen LogP contribution in [0.15, 0.2) is 47.9 Å². The first kappa shape index (κ1) is 37.2. The Hall–Kier alpha value is -1.99. The summed E-state index contributed by atoms with van der Waals surface area (Å²) in [7, 11) is 0. The summed E-state index contributed by atoms with van der Waals surface area (Å²) >= 11 is 38.6. The van der Waals surface area contributed by atoms with Crippen LogP contribution in [0.25, 0.3) is 0 Å². The Balaban J connectivity index is 0.000000275. The summed E-state index contributed by atoms with van der Waals surface area (Å²) in [4.78, 5) is 46.1. The summed E-state index contributed by atoms with van der Waals surface area (Å²) in [5.41, 5.74) is 0. The van der Waals surface area contributed by atoms with Gasteiger partial charge in [-0.2, -0.15) is 10.0 Å². The van der Waals surface area contributed by atoms with Crippen molar-refractivity contribution in [3.63, 3.8) is 0 Å². The van der Waals surface area contributed by atoms with Crippen molar-refractivity contribution in [1.29, 1.82) is 0 Å². The number of aromatic amines is 2. The Morgan fingerprint density at radius 3 is 1.28 bits per heavy atom. The average molecular weight is 849 g/mol. The molecular weight excluding hydrogens is 837 g/mol. The second-order valence-electron chi connectivity index (χ2n) is 6.53. The van der Waals surface area contributed by atoms with Crippen molar-refractivity contribution in [2.24, 2.45) is 0 Å². The number of hydrazine groups is 2. The minimum atomic E-state index is -2.03. The van der Waals surface area contributed by atoms with Crippen molar-refractivity contribution < 1.29 is 34.9 Å². The topological polar surface area (TPSA) is 164 Å². The van der Waals surface area contributed by atoms with E-state index in [-0.39, 0.29) is 28.9 Å². The van der Waals surface area contributed by atoms with Crippen molar-refractivity contribution in [2.45, 2.75) is 0 Å². The van der Waals surface area contributed by atoms with Gasteiger partial charge in [0, 0.05) is 47.9 Å². The molecule has 0 unspecified atom stereocenters. The van der Waals surface area contributed by atoms with Gasteiger partial charge in [0.25, 0.3) is 0 Å². The van der Waals surface area contributed by atoms with E-state index in [0.717, 1.165) is 10.0 Å². The Morgan fingerprint density at radius 1 is 0.721 bits per heavy atom. The average Bonchev–Trinajstić information content (AvgIpc) is 3.78. The summed E-state index contributed by atoms with van der Waals surface area (Å²) in [5, 5.41) is 8.88. The Kier molecular flexibility index (Phi) is 16.2. The van der Waals surface area contributed by atoms with Gasteiger partial charge in [-0.3, -0.25) is 9.59 Å². The molecule has 0 fully saturated rings. The van der Waals surface area contributed by atoms with Crippen LogP contribution in [0.2, 0.25) is 0 Å². The fourth-order valence-corrected chi connectivity index (χ4v) is 5.49. The van der Waals surface area contributed by atoms with E-state index in [2.05, 4.69) is 55.2 Å². The molecule has 0 aliphatic carbocycles. The predicted molar refractivity (Wildman–Crippen MR) is 183 cm³/mol. The first-order chi connectivity index (χ1) is 20.5. The van der Waals surface area contributed by atoms with Gasteiger partial charge in [-0.25, -0.2) is 30.0 Å². The molecule has 0 aromatic carbocycles. The number of aromatic nitrogens is 6. The molecule has 0 spiro atoms. The fourth-order valence-electron chi connectivity index (χ4n) is 2.62. The maximum atomic E-state index is 12.4. The predicted octanol–water partition coefficient (Wildman–Crippen LogP) is 3.31. The number of H-pyrrole nitrogens is 2. The van der Waals surface area contributed by atoms with Crippen LogP contribution in [-0.4, -0.2) is 69.0 Å². The Labute approximate surface area is 302 Å². The van der Waals surface area contributed by atoms with Gasteiger partial charge < -0.3 is 59.7 Å². The number of thiol groups is 2. The third-order valence-corrected chi connectivity index (χ3v) is 7.01. The number of imidazole rings is 2. The summed E-state index contributed by atoms with van der Waals surface area (Å²) in [5.74, 6) is -0.877. The molecule has 4 heterocycles. The molecule has 2 amide bonds. The second kappa shape index (κ2) is 18.7. The number of hydrogen-bond acceptors (Lipinski definition) is 16. The molecule has 224 valence electrons. The number of anilines is 2. The first-order valence-electron chi connectivity index (χ1n) is 10.3. The molecule has 0 aliphatic heterocycles.